The Morgan fingerprint density at radius 2 is 1.69 bits per heavy atom. The van der Waals surface area contributed by atoms with Gasteiger partial charge in [-0.25, -0.2) is 4.79 Å². The maximum atomic E-state index is 11.1. The van der Waals surface area contributed by atoms with E-state index in [2.05, 4.69) is 11.3 Å². The first-order valence-corrected chi connectivity index (χ1v) is 5.14. The van der Waals surface area contributed by atoms with E-state index in [1.165, 1.54) is 7.11 Å². The van der Waals surface area contributed by atoms with E-state index in [0.717, 1.165) is 0 Å². The van der Waals surface area contributed by atoms with Crippen molar-refractivity contribution in [1.29, 1.82) is 0 Å². The van der Waals surface area contributed by atoms with Gasteiger partial charge in [0.1, 0.15) is 0 Å². The van der Waals surface area contributed by atoms with E-state index in [0.29, 0.717) is 0 Å². The van der Waals surface area contributed by atoms with Crippen molar-refractivity contribution in [3.63, 3.8) is 0 Å². The van der Waals surface area contributed by atoms with Crippen LogP contribution in [0.4, 0.5) is 0 Å². The summed E-state index contributed by atoms with van der Waals surface area (Å²) in [5, 5.41) is 0. The topological polar surface area (TPSA) is 26.3 Å². The number of alkyl halides is 3. The molecule has 0 fully saturated rings. The van der Waals surface area contributed by atoms with Crippen molar-refractivity contribution in [2.24, 2.45) is 5.41 Å². The number of ether oxygens (including phenoxy) is 1. The molecule has 0 aromatic heterocycles. The highest BCUT2D eigenvalue weighted by atomic mass is 35.5. The average molecular weight is 246 g/mol. The summed E-state index contributed by atoms with van der Waals surface area (Å²) in [5.41, 5.74) is -0.549. The van der Waals surface area contributed by atoms with E-state index in [-0.39, 0.29) is 23.2 Å². The van der Waals surface area contributed by atoms with Crippen LogP contribution in [0, 0.1) is 5.41 Å². The summed E-state index contributed by atoms with van der Waals surface area (Å²) in [5.74, 6) is -0.0857. The number of rotatable bonds is 5. The standard InChI is InChI=1S/C8H11Cl3O2/c1-6(7(12)13-2)8(3-9,4-10)5-11/h1,3-5H2,2H3. The maximum Gasteiger partial charge on any atom is 0.333 e. The van der Waals surface area contributed by atoms with E-state index < -0.39 is 11.4 Å². The number of esters is 1. The highest BCUT2D eigenvalue weighted by Crippen LogP contribution is 2.31. The molecule has 0 aliphatic rings. The average Bonchev–Trinajstić information content (AvgIpc) is 2.20. The summed E-state index contributed by atoms with van der Waals surface area (Å²) < 4.78 is 4.51. The molecule has 0 saturated heterocycles. The molecule has 0 amide bonds. The molecule has 0 aromatic rings. The highest BCUT2D eigenvalue weighted by Gasteiger charge is 2.35. The number of carbonyl (C=O) groups excluding carboxylic acids is 1. The van der Waals surface area contributed by atoms with Crippen LogP contribution >= 0.6 is 34.8 Å². The molecule has 0 radical (unpaired) electrons. The molecular formula is C8H11Cl3O2. The minimum Gasteiger partial charge on any atom is -0.466 e. The molecule has 0 saturated carbocycles. The smallest absolute Gasteiger partial charge is 0.333 e. The summed E-state index contributed by atoms with van der Waals surface area (Å²) in [6.07, 6.45) is 0. The van der Waals surface area contributed by atoms with Gasteiger partial charge in [0.05, 0.1) is 7.11 Å². The van der Waals surface area contributed by atoms with Gasteiger partial charge in [-0.2, -0.15) is 0 Å². The third-order valence-corrected chi connectivity index (χ3v) is 3.37. The lowest BCUT2D eigenvalue weighted by atomic mass is 9.87. The van der Waals surface area contributed by atoms with Gasteiger partial charge >= 0.3 is 5.97 Å². The molecule has 0 atom stereocenters. The summed E-state index contributed by atoms with van der Waals surface area (Å²) >= 11 is 17.0. The summed E-state index contributed by atoms with van der Waals surface area (Å²) in [4.78, 5) is 11.1. The highest BCUT2D eigenvalue weighted by molar-refractivity contribution is 6.25. The number of carbonyl (C=O) groups is 1. The Morgan fingerprint density at radius 3 is 1.92 bits per heavy atom. The third kappa shape index (κ3) is 2.76. The molecule has 0 spiro atoms. The SMILES string of the molecule is C=C(C(=O)OC)C(CCl)(CCl)CCl. The molecular weight excluding hydrogens is 234 g/mol. The second-order valence-corrected chi connectivity index (χ2v) is 3.45. The molecule has 2 nitrogen and oxygen atoms in total. The Labute approximate surface area is 92.8 Å². The molecule has 0 bridgehead atoms. The van der Waals surface area contributed by atoms with Crippen LogP contribution in [0.5, 0.6) is 0 Å². The zero-order valence-corrected chi connectivity index (χ0v) is 9.55. The predicted octanol–water partition coefficient (Wildman–Crippen LogP) is 2.42. The number of methoxy groups -OCH3 is 1. The van der Waals surface area contributed by atoms with Crippen molar-refractivity contribution < 1.29 is 9.53 Å². The van der Waals surface area contributed by atoms with Gasteiger partial charge in [-0.1, -0.05) is 6.58 Å². The lowest BCUT2D eigenvalue weighted by molar-refractivity contribution is -0.137. The predicted molar refractivity (Wildman–Crippen MR) is 55.7 cm³/mol. The second-order valence-electron chi connectivity index (χ2n) is 2.65. The van der Waals surface area contributed by atoms with Gasteiger partial charge in [0, 0.05) is 28.6 Å². The molecule has 0 heterocycles. The fourth-order valence-corrected chi connectivity index (χ4v) is 2.03. The van der Waals surface area contributed by atoms with Crippen molar-refractivity contribution >= 4 is 40.8 Å². The van der Waals surface area contributed by atoms with Crippen molar-refractivity contribution in [2.45, 2.75) is 0 Å². The largest absolute Gasteiger partial charge is 0.466 e. The number of halogens is 3. The molecule has 0 unspecified atom stereocenters. The van der Waals surface area contributed by atoms with E-state index in [1.54, 1.807) is 0 Å². The van der Waals surface area contributed by atoms with Crippen molar-refractivity contribution in [3.8, 4) is 0 Å². The van der Waals surface area contributed by atoms with Crippen LogP contribution in [-0.4, -0.2) is 30.7 Å². The number of hydrogen-bond donors (Lipinski definition) is 0. The zero-order chi connectivity index (χ0) is 10.5. The Hall–Kier alpha value is 0.0800. The van der Waals surface area contributed by atoms with Crippen LogP contribution in [0.3, 0.4) is 0 Å². The summed E-state index contributed by atoms with van der Waals surface area (Å²) in [6.45, 7) is 3.58. The van der Waals surface area contributed by atoms with Gasteiger partial charge in [-0.05, 0) is 0 Å². The Morgan fingerprint density at radius 1 is 1.31 bits per heavy atom. The van der Waals surface area contributed by atoms with E-state index in [4.69, 9.17) is 34.8 Å². The Bertz CT molecular complexity index is 191. The van der Waals surface area contributed by atoms with Gasteiger partial charge in [0.25, 0.3) is 0 Å². The van der Waals surface area contributed by atoms with Crippen molar-refractivity contribution in [3.05, 3.63) is 12.2 Å². The van der Waals surface area contributed by atoms with Gasteiger partial charge in [-0.15, -0.1) is 34.8 Å². The lowest BCUT2D eigenvalue weighted by Gasteiger charge is -2.27. The van der Waals surface area contributed by atoms with Crippen LogP contribution in [0.15, 0.2) is 12.2 Å². The molecule has 0 rings (SSSR count). The summed E-state index contributed by atoms with van der Waals surface area (Å²) in [6, 6.07) is 0. The first-order valence-electron chi connectivity index (χ1n) is 3.53. The molecule has 0 aliphatic carbocycles. The van der Waals surface area contributed by atoms with Crippen molar-refractivity contribution in [2.75, 3.05) is 24.7 Å². The molecule has 0 aromatic carbocycles. The van der Waals surface area contributed by atoms with Gasteiger partial charge in [0.2, 0.25) is 0 Å². The van der Waals surface area contributed by atoms with E-state index >= 15 is 0 Å². The quantitative estimate of drug-likeness (QED) is 0.422. The Kier molecular flexibility index (Phi) is 5.77. The third-order valence-electron chi connectivity index (χ3n) is 1.84. The first kappa shape index (κ1) is 13.1. The Balaban J connectivity index is 4.73. The lowest BCUT2D eigenvalue weighted by Crippen LogP contribution is -2.33. The minimum absolute atomic E-state index is 0.147. The van der Waals surface area contributed by atoms with E-state index in [1.807, 2.05) is 0 Å². The summed E-state index contributed by atoms with van der Waals surface area (Å²) in [7, 11) is 1.27. The van der Waals surface area contributed by atoms with Gasteiger partial charge < -0.3 is 4.74 Å². The fraction of sp³-hybridized carbons (Fsp3) is 0.625. The molecule has 5 heteroatoms. The normalized spacial score (nSPS) is 11.1. The monoisotopic (exact) mass is 244 g/mol. The van der Waals surface area contributed by atoms with Crippen LogP contribution < -0.4 is 0 Å². The van der Waals surface area contributed by atoms with Gasteiger partial charge in [-0.3, -0.25) is 0 Å². The molecule has 0 N–H and O–H groups in total. The fourth-order valence-electron chi connectivity index (χ4n) is 0.689. The number of hydrogen-bond acceptors (Lipinski definition) is 2. The van der Waals surface area contributed by atoms with Crippen LogP contribution in [0.1, 0.15) is 0 Å². The van der Waals surface area contributed by atoms with Crippen LogP contribution in [0.25, 0.3) is 0 Å². The molecule has 13 heavy (non-hydrogen) atoms. The van der Waals surface area contributed by atoms with Crippen LogP contribution in [0.2, 0.25) is 0 Å². The minimum atomic E-state index is -0.766. The second kappa shape index (κ2) is 5.74. The molecule has 0 aliphatic heterocycles. The molecule has 76 valence electrons. The van der Waals surface area contributed by atoms with Gasteiger partial charge in [0.15, 0.2) is 0 Å². The van der Waals surface area contributed by atoms with Crippen molar-refractivity contribution in [1.82, 2.24) is 0 Å². The first-order chi connectivity index (χ1) is 6.07. The maximum absolute atomic E-state index is 11.1. The van der Waals surface area contributed by atoms with Crippen LogP contribution in [-0.2, 0) is 9.53 Å². The zero-order valence-electron chi connectivity index (χ0n) is 7.28. The van der Waals surface area contributed by atoms with E-state index in [9.17, 15) is 4.79 Å².